The van der Waals surface area contributed by atoms with E-state index in [4.69, 9.17) is 4.74 Å². The molecule has 0 rings (SSSR count). The molecule has 0 aliphatic rings. The maximum Gasteiger partial charge on any atom is 0.305 e. The normalized spacial score (nSPS) is 12.7. The third-order valence-electron chi connectivity index (χ3n) is 18.8. The Morgan fingerprint density at radius 3 is 0.888 bits per heavy atom. The van der Waals surface area contributed by atoms with Crippen LogP contribution in [0.3, 0.4) is 0 Å². The number of carbonyl (C=O) groups excluding carboxylic acids is 2. The quantitative estimate of drug-likeness (QED) is 0.0320. The molecule has 0 radical (unpaired) electrons. The summed E-state index contributed by atoms with van der Waals surface area (Å²) in [6.07, 6.45) is 104. The number of rotatable bonds is 76. The number of amides is 1. The number of hydrogen-bond donors (Lipinski definition) is 3. The highest BCUT2D eigenvalue weighted by atomic mass is 16.5. The first-order chi connectivity index (χ1) is 44.0. The van der Waals surface area contributed by atoms with Gasteiger partial charge in [-0.3, -0.25) is 9.59 Å². The fraction of sp³-hybridized carbons (Fsp3) is 0.880. The van der Waals surface area contributed by atoms with Gasteiger partial charge in [0.2, 0.25) is 5.91 Å². The Hall–Kier alpha value is -2.18. The second-order valence-corrected chi connectivity index (χ2v) is 27.7. The zero-order valence-corrected chi connectivity index (χ0v) is 60.2. The third-order valence-corrected chi connectivity index (χ3v) is 18.8. The summed E-state index contributed by atoms with van der Waals surface area (Å²) in [6.45, 7) is 4.92. The summed E-state index contributed by atoms with van der Waals surface area (Å²) in [7, 11) is 0. The van der Waals surface area contributed by atoms with Gasteiger partial charge in [-0.15, -0.1) is 0 Å². The smallest absolute Gasteiger partial charge is 0.305 e. The first kappa shape index (κ1) is 86.8. The van der Waals surface area contributed by atoms with E-state index in [-0.39, 0.29) is 18.5 Å². The highest BCUT2D eigenvalue weighted by Crippen LogP contribution is 2.19. The Kier molecular flexibility index (Phi) is 76.3. The topological polar surface area (TPSA) is 95.9 Å². The average molecular weight is 1250 g/mol. The molecule has 2 atom stereocenters. The van der Waals surface area contributed by atoms with Crippen LogP contribution in [0.4, 0.5) is 0 Å². The summed E-state index contributed by atoms with van der Waals surface area (Å²) in [5, 5.41) is 23.2. The molecule has 0 saturated heterocycles. The molecule has 0 aromatic carbocycles. The number of ether oxygens (including phenoxy) is 1. The summed E-state index contributed by atoms with van der Waals surface area (Å²) < 4.78 is 5.52. The standard InChI is InChI=1S/C83H157NO5/c1-3-5-7-9-11-13-15-17-19-21-40-45-49-53-57-61-65-69-73-77-83(88)89-78-74-70-66-62-58-54-50-46-42-39-37-35-33-31-29-27-25-23-24-26-28-30-32-34-36-38-41-44-48-52-56-60-64-68-72-76-82(87)84-80(79-85)81(86)75-71-67-63-59-55-51-47-43-22-20-18-16-14-12-10-8-6-4-2/h11,13,17,19,25,27,71,75,80-81,85-86H,3-10,12,14-16,18,20-24,26,28-70,72-74,76-79H2,1-2H3,(H,84,87)/b13-11-,19-17-,27-25-,75-71+. The van der Waals surface area contributed by atoms with Gasteiger partial charge in [-0.2, -0.15) is 0 Å². The first-order valence-electron chi connectivity index (χ1n) is 40.4. The number of allylic oxidation sites excluding steroid dienone is 7. The number of hydrogen-bond acceptors (Lipinski definition) is 5. The van der Waals surface area contributed by atoms with Crippen LogP contribution in [0.2, 0.25) is 0 Å². The lowest BCUT2D eigenvalue weighted by Crippen LogP contribution is -2.45. The van der Waals surface area contributed by atoms with Gasteiger partial charge in [0.05, 0.1) is 25.4 Å². The predicted molar refractivity (Wildman–Crippen MR) is 393 cm³/mol. The molecule has 6 heteroatoms. The molecule has 0 aromatic heterocycles. The Balaban J connectivity index is 3.35. The van der Waals surface area contributed by atoms with E-state index < -0.39 is 12.1 Å². The Morgan fingerprint density at radius 2 is 0.562 bits per heavy atom. The largest absolute Gasteiger partial charge is 0.466 e. The van der Waals surface area contributed by atoms with Gasteiger partial charge in [0.1, 0.15) is 0 Å². The van der Waals surface area contributed by atoms with E-state index in [0.29, 0.717) is 19.4 Å². The van der Waals surface area contributed by atoms with Crippen molar-refractivity contribution in [2.24, 2.45) is 0 Å². The second-order valence-electron chi connectivity index (χ2n) is 27.7. The van der Waals surface area contributed by atoms with Crippen LogP contribution in [-0.2, 0) is 14.3 Å². The highest BCUT2D eigenvalue weighted by Gasteiger charge is 2.18. The minimum absolute atomic E-state index is 0.0167. The molecular weight excluding hydrogens is 1090 g/mol. The predicted octanol–water partition coefficient (Wildman–Crippen LogP) is 26.8. The highest BCUT2D eigenvalue weighted by molar-refractivity contribution is 5.76. The van der Waals surface area contributed by atoms with Crippen molar-refractivity contribution in [2.75, 3.05) is 13.2 Å². The molecule has 0 spiro atoms. The molecule has 89 heavy (non-hydrogen) atoms. The number of nitrogens with one attached hydrogen (secondary N) is 1. The Labute approximate surface area is 556 Å². The lowest BCUT2D eigenvalue weighted by atomic mass is 10.0. The summed E-state index contributed by atoms with van der Waals surface area (Å²) in [6, 6.07) is -0.626. The van der Waals surface area contributed by atoms with Crippen molar-refractivity contribution in [3.8, 4) is 0 Å². The molecule has 0 aliphatic heterocycles. The number of carbonyl (C=O) groups is 2. The number of esters is 1. The molecule has 0 saturated carbocycles. The lowest BCUT2D eigenvalue weighted by molar-refractivity contribution is -0.143. The van der Waals surface area contributed by atoms with Crippen LogP contribution in [-0.4, -0.2) is 47.4 Å². The molecule has 0 aliphatic carbocycles. The van der Waals surface area contributed by atoms with Gasteiger partial charge in [0, 0.05) is 12.8 Å². The number of aliphatic hydroxyl groups excluding tert-OH is 2. The molecule has 524 valence electrons. The molecule has 0 bridgehead atoms. The van der Waals surface area contributed by atoms with Crippen molar-refractivity contribution in [3.63, 3.8) is 0 Å². The minimum atomic E-state index is -0.843. The maximum absolute atomic E-state index is 12.5. The first-order valence-corrected chi connectivity index (χ1v) is 40.4. The van der Waals surface area contributed by atoms with E-state index in [1.807, 2.05) is 6.08 Å². The zero-order valence-electron chi connectivity index (χ0n) is 60.2. The van der Waals surface area contributed by atoms with Gasteiger partial charge in [0.15, 0.2) is 0 Å². The average Bonchev–Trinajstić information content (AvgIpc) is 3.63. The molecule has 0 heterocycles. The van der Waals surface area contributed by atoms with E-state index in [9.17, 15) is 19.8 Å². The van der Waals surface area contributed by atoms with Gasteiger partial charge in [0.25, 0.3) is 0 Å². The zero-order chi connectivity index (χ0) is 64.2. The van der Waals surface area contributed by atoms with E-state index in [2.05, 4.69) is 55.6 Å². The van der Waals surface area contributed by atoms with Gasteiger partial charge in [-0.1, -0.05) is 390 Å². The SMILES string of the molecule is CCCCC/C=C\C/C=C\CCCCCCCCCCCC(=O)OCCCCCCCCCCCCCCCC/C=C\CCCCCCCCCCCCCCCCCCCC(=O)NC(CO)C(O)/C=C/CCCCCCCCCCCCCCCCCC. The summed E-state index contributed by atoms with van der Waals surface area (Å²) >= 11 is 0. The van der Waals surface area contributed by atoms with Crippen LogP contribution >= 0.6 is 0 Å². The van der Waals surface area contributed by atoms with Crippen molar-refractivity contribution in [1.29, 1.82) is 0 Å². The molecular formula is C83H157NO5. The van der Waals surface area contributed by atoms with Gasteiger partial charge in [-0.05, 0) is 89.9 Å². The van der Waals surface area contributed by atoms with Crippen molar-refractivity contribution < 1.29 is 24.5 Å². The van der Waals surface area contributed by atoms with E-state index in [1.54, 1.807) is 6.08 Å². The molecule has 2 unspecified atom stereocenters. The Morgan fingerprint density at radius 1 is 0.315 bits per heavy atom. The monoisotopic (exact) mass is 1250 g/mol. The van der Waals surface area contributed by atoms with Gasteiger partial charge < -0.3 is 20.3 Å². The van der Waals surface area contributed by atoms with E-state index in [0.717, 1.165) is 51.4 Å². The van der Waals surface area contributed by atoms with Crippen LogP contribution in [0.5, 0.6) is 0 Å². The number of aliphatic hydroxyl groups is 2. The molecule has 0 fully saturated rings. The van der Waals surface area contributed by atoms with E-state index >= 15 is 0 Å². The minimum Gasteiger partial charge on any atom is -0.466 e. The molecule has 6 nitrogen and oxygen atoms in total. The van der Waals surface area contributed by atoms with Crippen LogP contribution in [0.1, 0.15) is 444 Å². The van der Waals surface area contributed by atoms with Crippen LogP contribution in [0.25, 0.3) is 0 Å². The van der Waals surface area contributed by atoms with Gasteiger partial charge >= 0.3 is 5.97 Å². The van der Waals surface area contributed by atoms with Crippen LogP contribution in [0, 0.1) is 0 Å². The fourth-order valence-electron chi connectivity index (χ4n) is 12.7. The van der Waals surface area contributed by atoms with Crippen LogP contribution < -0.4 is 5.32 Å². The van der Waals surface area contributed by atoms with Crippen molar-refractivity contribution >= 4 is 11.9 Å². The maximum atomic E-state index is 12.5. The fourth-order valence-corrected chi connectivity index (χ4v) is 12.7. The lowest BCUT2D eigenvalue weighted by Gasteiger charge is -2.20. The van der Waals surface area contributed by atoms with Crippen molar-refractivity contribution in [3.05, 3.63) is 48.6 Å². The number of unbranched alkanes of at least 4 members (excludes halogenated alkanes) is 59. The molecule has 0 aromatic rings. The van der Waals surface area contributed by atoms with Crippen molar-refractivity contribution in [1.82, 2.24) is 5.32 Å². The third kappa shape index (κ3) is 74.7. The van der Waals surface area contributed by atoms with Crippen molar-refractivity contribution in [2.45, 2.75) is 456 Å². The van der Waals surface area contributed by atoms with Gasteiger partial charge in [-0.25, -0.2) is 0 Å². The molecule has 1 amide bonds. The Bertz CT molecular complexity index is 1490. The summed E-state index contributed by atoms with van der Waals surface area (Å²) in [5.74, 6) is -0.0441. The summed E-state index contributed by atoms with van der Waals surface area (Å²) in [5.41, 5.74) is 0. The summed E-state index contributed by atoms with van der Waals surface area (Å²) in [4.78, 5) is 24.7. The van der Waals surface area contributed by atoms with E-state index in [1.165, 1.54) is 366 Å². The molecule has 3 N–H and O–H groups in total. The van der Waals surface area contributed by atoms with Crippen LogP contribution in [0.15, 0.2) is 48.6 Å². The second kappa shape index (κ2) is 78.3.